The zero-order valence-corrected chi connectivity index (χ0v) is 13.6. The van der Waals surface area contributed by atoms with Gasteiger partial charge in [-0.1, -0.05) is 0 Å². The Kier molecular flexibility index (Phi) is 4.06. The van der Waals surface area contributed by atoms with E-state index in [1.54, 1.807) is 0 Å². The molecule has 1 aromatic heterocycles. The van der Waals surface area contributed by atoms with E-state index in [0.717, 1.165) is 30.3 Å². The number of hydrogen-bond donors (Lipinski definition) is 1. The summed E-state index contributed by atoms with van der Waals surface area (Å²) in [5, 5.41) is 10.5. The van der Waals surface area contributed by atoms with Crippen LogP contribution >= 0.6 is 31.9 Å². The van der Waals surface area contributed by atoms with Crippen molar-refractivity contribution >= 4 is 31.9 Å². The highest BCUT2D eigenvalue weighted by Gasteiger charge is 2.43. The van der Waals surface area contributed by atoms with Gasteiger partial charge < -0.3 is 19.0 Å². The molecule has 0 aromatic carbocycles. The Bertz CT molecular complexity index is 434. The molecule has 6 heteroatoms. The van der Waals surface area contributed by atoms with Crippen LogP contribution < -0.4 is 0 Å². The Hall–Kier alpha value is 0.120. The standard InChI is InChI=1S/C13H16Br2O4/c14-9-5-10(19-12(9)15)11(16)8-1-3-18-13(6-8)2-4-17-7-13/h5,8,11,16H,1-4,6-7H2. The largest absolute Gasteiger partial charge is 0.450 e. The molecule has 1 spiro atoms. The number of ether oxygens (including phenoxy) is 2. The predicted octanol–water partition coefficient (Wildman–Crippen LogP) is 3.42. The quantitative estimate of drug-likeness (QED) is 0.833. The Labute approximate surface area is 128 Å². The molecule has 3 atom stereocenters. The normalized spacial score (nSPS) is 32.9. The van der Waals surface area contributed by atoms with Crippen molar-refractivity contribution in [3.63, 3.8) is 0 Å². The Balaban J connectivity index is 1.74. The van der Waals surface area contributed by atoms with Crippen LogP contribution in [-0.2, 0) is 9.47 Å². The highest BCUT2D eigenvalue weighted by molar-refractivity contribution is 9.13. The molecule has 1 N–H and O–H groups in total. The lowest BCUT2D eigenvalue weighted by Gasteiger charge is -2.38. The van der Waals surface area contributed by atoms with Gasteiger partial charge in [-0.2, -0.15) is 0 Å². The van der Waals surface area contributed by atoms with E-state index in [9.17, 15) is 5.11 Å². The maximum absolute atomic E-state index is 10.5. The minimum Gasteiger partial charge on any atom is -0.450 e. The van der Waals surface area contributed by atoms with Gasteiger partial charge in [0.2, 0.25) is 0 Å². The smallest absolute Gasteiger partial charge is 0.183 e. The maximum Gasteiger partial charge on any atom is 0.183 e. The third-order valence-electron chi connectivity index (χ3n) is 4.00. The van der Waals surface area contributed by atoms with Crippen LogP contribution in [0.1, 0.15) is 31.1 Å². The summed E-state index contributed by atoms with van der Waals surface area (Å²) < 4.78 is 18.3. The number of rotatable bonds is 2. The summed E-state index contributed by atoms with van der Waals surface area (Å²) in [6.45, 7) is 2.07. The van der Waals surface area contributed by atoms with Gasteiger partial charge in [0.05, 0.1) is 16.7 Å². The molecular weight excluding hydrogens is 380 g/mol. The van der Waals surface area contributed by atoms with Crippen LogP contribution in [0, 0.1) is 5.92 Å². The minimum absolute atomic E-state index is 0.153. The Morgan fingerprint density at radius 2 is 2.21 bits per heavy atom. The van der Waals surface area contributed by atoms with Gasteiger partial charge in [-0.05, 0) is 56.7 Å². The van der Waals surface area contributed by atoms with E-state index >= 15 is 0 Å². The van der Waals surface area contributed by atoms with Crippen molar-refractivity contribution in [2.75, 3.05) is 19.8 Å². The zero-order valence-electron chi connectivity index (χ0n) is 10.4. The van der Waals surface area contributed by atoms with Gasteiger partial charge in [0.1, 0.15) is 11.9 Å². The van der Waals surface area contributed by atoms with Crippen molar-refractivity contribution in [2.24, 2.45) is 5.92 Å². The molecule has 2 saturated heterocycles. The fourth-order valence-corrected chi connectivity index (χ4v) is 3.55. The SMILES string of the molecule is OC(c1cc(Br)c(Br)o1)C1CCOC2(CCOC2)C1. The van der Waals surface area contributed by atoms with E-state index < -0.39 is 6.10 Å². The second-order valence-corrected chi connectivity index (χ2v) is 6.88. The van der Waals surface area contributed by atoms with Crippen molar-refractivity contribution in [3.05, 3.63) is 21.0 Å². The molecule has 0 amide bonds. The molecule has 0 radical (unpaired) electrons. The molecule has 3 heterocycles. The molecule has 106 valence electrons. The number of halogens is 2. The second-order valence-electron chi connectivity index (χ2n) is 5.30. The topological polar surface area (TPSA) is 51.8 Å². The fraction of sp³-hybridized carbons (Fsp3) is 0.692. The third-order valence-corrected chi connectivity index (χ3v) is 5.71. The lowest BCUT2D eigenvalue weighted by Crippen LogP contribution is -2.41. The van der Waals surface area contributed by atoms with Gasteiger partial charge in [-0.15, -0.1) is 0 Å². The molecule has 3 unspecified atom stereocenters. The van der Waals surface area contributed by atoms with Crippen LogP contribution in [0.5, 0.6) is 0 Å². The zero-order chi connectivity index (χ0) is 13.5. The van der Waals surface area contributed by atoms with E-state index in [1.165, 1.54) is 0 Å². The Morgan fingerprint density at radius 1 is 1.37 bits per heavy atom. The first-order chi connectivity index (χ1) is 9.10. The summed E-state index contributed by atoms with van der Waals surface area (Å²) in [6, 6.07) is 1.82. The van der Waals surface area contributed by atoms with Crippen molar-refractivity contribution in [1.29, 1.82) is 0 Å². The van der Waals surface area contributed by atoms with Crippen molar-refractivity contribution in [1.82, 2.24) is 0 Å². The third kappa shape index (κ3) is 2.78. The van der Waals surface area contributed by atoms with Crippen molar-refractivity contribution in [3.8, 4) is 0 Å². The van der Waals surface area contributed by atoms with Gasteiger partial charge in [0.25, 0.3) is 0 Å². The number of furan rings is 1. The average molecular weight is 396 g/mol. The number of hydrogen-bond acceptors (Lipinski definition) is 4. The lowest BCUT2D eigenvalue weighted by atomic mass is 9.81. The van der Waals surface area contributed by atoms with Crippen LogP contribution in [0.25, 0.3) is 0 Å². The molecule has 2 aliphatic heterocycles. The van der Waals surface area contributed by atoms with E-state index in [4.69, 9.17) is 13.9 Å². The van der Waals surface area contributed by atoms with E-state index in [2.05, 4.69) is 31.9 Å². The van der Waals surface area contributed by atoms with Crippen molar-refractivity contribution < 1.29 is 19.0 Å². The van der Waals surface area contributed by atoms with Gasteiger partial charge in [-0.3, -0.25) is 0 Å². The fourth-order valence-electron chi connectivity index (χ4n) is 2.94. The van der Waals surface area contributed by atoms with Crippen LogP contribution in [0.4, 0.5) is 0 Å². The first-order valence-corrected chi connectivity index (χ1v) is 8.03. The predicted molar refractivity (Wildman–Crippen MR) is 75.9 cm³/mol. The molecular formula is C13H16Br2O4. The summed E-state index contributed by atoms with van der Waals surface area (Å²) in [5.41, 5.74) is -0.190. The summed E-state index contributed by atoms with van der Waals surface area (Å²) in [4.78, 5) is 0. The highest BCUT2D eigenvalue weighted by Crippen LogP contribution is 2.42. The molecule has 2 fully saturated rings. The lowest BCUT2D eigenvalue weighted by molar-refractivity contribution is -0.119. The molecule has 19 heavy (non-hydrogen) atoms. The number of aliphatic hydroxyl groups excluding tert-OH is 1. The maximum atomic E-state index is 10.5. The van der Waals surface area contributed by atoms with Crippen molar-refractivity contribution in [2.45, 2.75) is 31.0 Å². The van der Waals surface area contributed by atoms with Crippen LogP contribution in [-0.4, -0.2) is 30.5 Å². The van der Waals surface area contributed by atoms with E-state index in [-0.39, 0.29) is 11.5 Å². The van der Waals surface area contributed by atoms with Gasteiger partial charge in [0, 0.05) is 19.6 Å². The summed E-state index contributed by atoms with van der Waals surface area (Å²) in [6.07, 6.45) is 1.99. The Morgan fingerprint density at radius 3 is 2.84 bits per heavy atom. The molecule has 0 saturated carbocycles. The average Bonchev–Trinajstić information content (AvgIpc) is 2.97. The summed E-state index contributed by atoms with van der Waals surface area (Å²) in [7, 11) is 0. The molecule has 4 nitrogen and oxygen atoms in total. The van der Waals surface area contributed by atoms with E-state index in [1.807, 2.05) is 6.07 Å². The van der Waals surface area contributed by atoms with E-state index in [0.29, 0.717) is 23.6 Å². The van der Waals surface area contributed by atoms with Gasteiger partial charge in [-0.25, -0.2) is 0 Å². The van der Waals surface area contributed by atoms with Gasteiger partial charge in [0.15, 0.2) is 4.67 Å². The molecule has 0 bridgehead atoms. The van der Waals surface area contributed by atoms with Crippen LogP contribution in [0.2, 0.25) is 0 Å². The van der Waals surface area contributed by atoms with Crippen LogP contribution in [0.3, 0.4) is 0 Å². The monoisotopic (exact) mass is 394 g/mol. The van der Waals surface area contributed by atoms with Crippen LogP contribution in [0.15, 0.2) is 19.6 Å². The van der Waals surface area contributed by atoms with Gasteiger partial charge >= 0.3 is 0 Å². The highest BCUT2D eigenvalue weighted by atomic mass is 79.9. The molecule has 0 aliphatic carbocycles. The second kappa shape index (κ2) is 5.48. The first-order valence-electron chi connectivity index (χ1n) is 6.44. The molecule has 3 rings (SSSR count). The molecule has 2 aliphatic rings. The minimum atomic E-state index is -0.594. The summed E-state index contributed by atoms with van der Waals surface area (Å²) in [5.74, 6) is 0.750. The summed E-state index contributed by atoms with van der Waals surface area (Å²) >= 11 is 6.67. The number of aliphatic hydroxyl groups is 1. The molecule has 1 aromatic rings. The first kappa shape index (κ1) is 14.1.